The van der Waals surface area contributed by atoms with Crippen LogP contribution in [0.4, 0.5) is 0 Å². The van der Waals surface area contributed by atoms with Crippen molar-refractivity contribution in [2.45, 2.75) is 19.8 Å². The van der Waals surface area contributed by atoms with Crippen LogP contribution in [0.25, 0.3) is 5.57 Å². The monoisotopic (exact) mass is 218 g/mol. The third-order valence-corrected chi connectivity index (χ3v) is 2.69. The molecule has 1 aromatic carbocycles. The lowest BCUT2D eigenvalue weighted by Crippen LogP contribution is -2.14. The maximum Gasteiger partial charge on any atom is 0.342 e. The van der Waals surface area contributed by atoms with E-state index in [-0.39, 0.29) is 5.76 Å². The van der Waals surface area contributed by atoms with E-state index in [1.165, 1.54) is 0 Å². The Morgan fingerprint density at radius 3 is 2.88 bits per heavy atom. The van der Waals surface area contributed by atoms with Crippen molar-refractivity contribution in [3.8, 4) is 0 Å². The van der Waals surface area contributed by atoms with E-state index in [1.54, 1.807) is 6.92 Å². The minimum atomic E-state index is -0.438. The molecular formula is C13H14O3. The van der Waals surface area contributed by atoms with Crippen LogP contribution in [0.3, 0.4) is 0 Å². The van der Waals surface area contributed by atoms with Gasteiger partial charge in [0.1, 0.15) is 11.3 Å². The van der Waals surface area contributed by atoms with Gasteiger partial charge in [0.2, 0.25) is 0 Å². The SMILES string of the molecule is CCOC(=O)C1=C(O)CCc2ccccc21. The Bertz CT molecular complexity index is 446. The molecule has 0 bridgehead atoms. The highest BCUT2D eigenvalue weighted by atomic mass is 16.5. The van der Waals surface area contributed by atoms with E-state index in [0.717, 1.165) is 17.5 Å². The number of hydrogen-bond acceptors (Lipinski definition) is 3. The first-order valence-corrected chi connectivity index (χ1v) is 5.41. The van der Waals surface area contributed by atoms with Gasteiger partial charge in [-0.15, -0.1) is 0 Å². The molecule has 0 aromatic heterocycles. The Morgan fingerprint density at radius 1 is 1.38 bits per heavy atom. The first-order valence-electron chi connectivity index (χ1n) is 5.41. The number of hydrogen-bond donors (Lipinski definition) is 1. The van der Waals surface area contributed by atoms with Crippen molar-refractivity contribution in [2.75, 3.05) is 6.61 Å². The average Bonchev–Trinajstić information content (AvgIpc) is 2.29. The van der Waals surface area contributed by atoms with Gasteiger partial charge in [0.15, 0.2) is 0 Å². The molecule has 0 spiro atoms. The summed E-state index contributed by atoms with van der Waals surface area (Å²) in [6.45, 7) is 2.07. The molecule has 1 N–H and O–H groups in total. The van der Waals surface area contributed by atoms with E-state index < -0.39 is 5.97 Å². The molecular weight excluding hydrogens is 204 g/mol. The lowest BCUT2D eigenvalue weighted by molar-refractivity contribution is -0.136. The van der Waals surface area contributed by atoms with Gasteiger partial charge in [-0.25, -0.2) is 4.79 Å². The fourth-order valence-corrected chi connectivity index (χ4v) is 1.95. The van der Waals surface area contributed by atoms with Crippen LogP contribution in [-0.4, -0.2) is 17.7 Å². The molecule has 16 heavy (non-hydrogen) atoms. The van der Waals surface area contributed by atoms with Gasteiger partial charge in [0.05, 0.1) is 6.61 Å². The van der Waals surface area contributed by atoms with E-state index in [1.807, 2.05) is 24.3 Å². The van der Waals surface area contributed by atoms with Crippen LogP contribution in [0.1, 0.15) is 24.5 Å². The highest BCUT2D eigenvalue weighted by Gasteiger charge is 2.24. The second-order valence-corrected chi connectivity index (χ2v) is 3.70. The maximum atomic E-state index is 11.7. The number of carbonyl (C=O) groups excluding carboxylic acids is 1. The van der Waals surface area contributed by atoms with Crippen molar-refractivity contribution in [1.29, 1.82) is 0 Å². The molecule has 3 nitrogen and oxygen atoms in total. The molecule has 3 heteroatoms. The quantitative estimate of drug-likeness (QED) is 0.775. The summed E-state index contributed by atoms with van der Waals surface area (Å²) in [5.41, 5.74) is 2.21. The standard InChI is InChI=1S/C13H14O3/c1-2-16-13(15)12-10-6-4-3-5-9(10)7-8-11(12)14/h3-6,14H,2,7-8H2,1H3. The van der Waals surface area contributed by atoms with Gasteiger partial charge in [-0.05, 0) is 24.5 Å². The fraction of sp³-hybridized carbons (Fsp3) is 0.308. The Hall–Kier alpha value is -1.77. The molecule has 1 aliphatic carbocycles. The van der Waals surface area contributed by atoms with Crippen LogP contribution in [0.5, 0.6) is 0 Å². The number of fused-ring (bicyclic) bond motifs is 1. The van der Waals surface area contributed by atoms with Crippen molar-refractivity contribution in [3.63, 3.8) is 0 Å². The summed E-state index contributed by atoms with van der Waals surface area (Å²) < 4.78 is 4.95. The molecule has 0 aliphatic heterocycles. The second-order valence-electron chi connectivity index (χ2n) is 3.70. The highest BCUT2D eigenvalue weighted by Crippen LogP contribution is 2.30. The van der Waals surface area contributed by atoms with Crippen LogP contribution in [0.2, 0.25) is 0 Å². The minimum Gasteiger partial charge on any atom is -0.511 e. The zero-order valence-corrected chi connectivity index (χ0v) is 9.19. The van der Waals surface area contributed by atoms with Gasteiger partial charge < -0.3 is 9.84 Å². The lowest BCUT2D eigenvalue weighted by atomic mass is 9.89. The number of allylic oxidation sites excluding steroid dienone is 1. The van der Waals surface area contributed by atoms with Crippen molar-refractivity contribution in [1.82, 2.24) is 0 Å². The zero-order valence-electron chi connectivity index (χ0n) is 9.19. The molecule has 2 rings (SSSR count). The van der Waals surface area contributed by atoms with Crippen molar-refractivity contribution >= 4 is 11.5 Å². The number of aryl methyl sites for hydroxylation is 1. The molecule has 1 aromatic rings. The molecule has 0 atom stereocenters. The molecule has 0 heterocycles. The molecule has 1 aliphatic rings. The number of benzene rings is 1. The van der Waals surface area contributed by atoms with E-state index in [0.29, 0.717) is 18.6 Å². The number of aliphatic hydroxyl groups excluding tert-OH is 1. The molecule has 0 amide bonds. The lowest BCUT2D eigenvalue weighted by Gasteiger charge is -2.18. The normalized spacial score (nSPS) is 14.6. The summed E-state index contributed by atoms with van der Waals surface area (Å²) in [5, 5.41) is 9.79. The molecule has 0 unspecified atom stereocenters. The van der Waals surface area contributed by atoms with Gasteiger partial charge in [0, 0.05) is 6.42 Å². The van der Waals surface area contributed by atoms with Crippen LogP contribution in [-0.2, 0) is 16.0 Å². The van der Waals surface area contributed by atoms with Gasteiger partial charge >= 0.3 is 5.97 Å². The van der Waals surface area contributed by atoms with Gasteiger partial charge in [-0.1, -0.05) is 24.3 Å². The first-order chi connectivity index (χ1) is 7.74. The maximum absolute atomic E-state index is 11.7. The molecule has 0 saturated heterocycles. The third-order valence-electron chi connectivity index (χ3n) is 2.69. The van der Waals surface area contributed by atoms with Crippen LogP contribution in [0, 0.1) is 0 Å². The van der Waals surface area contributed by atoms with E-state index in [9.17, 15) is 9.90 Å². The summed E-state index contributed by atoms with van der Waals surface area (Å²) in [7, 11) is 0. The zero-order chi connectivity index (χ0) is 11.5. The number of esters is 1. The average molecular weight is 218 g/mol. The predicted octanol–water partition coefficient (Wildman–Crippen LogP) is 2.47. The third kappa shape index (κ3) is 1.81. The summed E-state index contributed by atoms with van der Waals surface area (Å²) in [5.74, 6) is -0.302. The fourth-order valence-electron chi connectivity index (χ4n) is 1.95. The van der Waals surface area contributed by atoms with Crippen molar-refractivity contribution in [2.24, 2.45) is 0 Å². The number of carbonyl (C=O) groups is 1. The molecule has 84 valence electrons. The molecule has 0 radical (unpaired) electrons. The molecule has 0 saturated carbocycles. The Labute approximate surface area is 94.4 Å². The van der Waals surface area contributed by atoms with Crippen LogP contribution >= 0.6 is 0 Å². The highest BCUT2D eigenvalue weighted by molar-refractivity contribution is 6.17. The predicted molar refractivity (Wildman–Crippen MR) is 60.9 cm³/mol. The summed E-state index contributed by atoms with van der Waals surface area (Å²) in [4.78, 5) is 11.7. The number of rotatable bonds is 2. The van der Waals surface area contributed by atoms with Gasteiger partial charge in [-0.2, -0.15) is 0 Å². The minimum absolute atomic E-state index is 0.136. The van der Waals surface area contributed by atoms with Crippen LogP contribution in [0.15, 0.2) is 30.0 Å². The Kier molecular flexibility index (Phi) is 2.95. The summed E-state index contributed by atoms with van der Waals surface area (Å²) in [6, 6.07) is 7.61. The van der Waals surface area contributed by atoms with Crippen LogP contribution < -0.4 is 0 Å². The summed E-state index contributed by atoms with van der Waals surface area (Å²) in [6.07, 6.45) is 1.27. The van der Waals surface area contributed by atoms with Crippen molar-refractivity contribution in [3.05, 3.63) is 41.2 Å². The van der Waals surface area contributed by atoms with Gasteiger partial charge in [0.25, 0.3) is 0 Å². The Balaban J connectivity index is 2.45. The number of aliphatic hydroxyl groups is 1. The smallest absolute Gasteiger partial charge is 0.342 e. The van der Waals surface area contributed by atoms with Gasteiger partial charge in [-0.3, -0.25) is 0 Å². The number of ether oxygens (including phenoxy) is 1. The second kappa shape index (κ2) is 4.39. The van der Waals surface area contributed by atoms with E-state index >= 15 is 0 Å². The first kappa shape index (κ1) is 10.7. The summed E-state index contributed by atoms with van der Waals surface area (Å²) >= 11 is 0. The largest absolute Gasteiger partial charge is 0.511 e. The van der Waals surface area contributed by atoms with E-state index in [2.05, 4.69) is 0 Å². The Morgan fingerprint density at radius 2 is 2.12 bits per heavy atom. The topological polar surface area (TPSA) is 46.5 Å². The van der Waals surface area contributed by atoms with E-state index in [4.69, 9.17) is 4.74 Å². The molecule has 0 fully saturated rings. The van der Waals surface area contributed by atoms with Crippen molar-refractivity contribution < 1.29 is 14.6 Å².